The molecule has 1 aromatic carbocycles. The van der Waals surface area contributed by atoms with Gasteiger partial charge in [0.15, 0.2) is 5.79 Å². The lowest BCUT2D eigenvalue weighted by Gasteiger charge is -2.33. The summed E-state index contributed by atoms with van der Waals surface area (Å²) in [6.07, 6.45) is -0.507. The third-order valence-corrected chi connectivity index (χ3v) is 7.08. The average molecular weight is 480 g/mol. The van der Waals surface area contributed by atoms with E-state index in [9.17, 15) is 27.8 Å². The summed E-state index contributed by atoms with van der Waals surface area (Å²) >= 11 is 5.93. The van der Waals surface area contributed by atoms with Crippen LogP contribution in [0.25, 0.3) is 0 Å². The zero-order valence-electron chi connectivity index (χ0n) is 16.6. The van der Waals surface area contributed by atoms with Crippen molar-refractivity contribution in [1.29, 1.82) is 0 Å². The van der Waals surface area contributed by atoms with E-state index < -0.39 is 58.3 Å². The van der Waals surface area contributed by atoms with Crippen LogP contribution < -0.4 is 4.72 Å². The molecule has 9 nitrogen and oxygen atoms in total. The summed E-state index contributed by atoms with van der Waals surface area (Å²) < 4.78 is 58.2. The van der Waals surface area contributed by atoms with Gasteiger partial charge in [-0.2, -0.15) is 0 Å². The fourth-order valence-corrected chi connectivity index (χ4v) is 5.43. The minimum Gasteiger partial charge on any atom is -0.463 e. The Kier molecular flexibility index (Phi) is 7.24. The molecule has 0 saturated carbocycles. The highest BCUT2D eigenvalue weighted by Gasteiger charge is 2.51. The van der Waals surface area contributed by atoms with E-state index in [1.165, 1.54) is 12.1 Å². The van der Waals surface area contributed by atoms with Crippen LogP contribution >= 0.6 is 11.6 Å². The number of carbonyl (C=O) groups excluding carboxylic acids is 1. The Morgan fingerprint density at radius 2 is 1.97 bits per heavy atom. The maximum absolute atomic E-state index is 13.3. The number of aliphatic hydroxyl groups excluding tert-OH is 2. The van der Waals surface area contributed by atoms with E-state index in [1.54, 1.807) is 6.92 Å². The fraction of sp³-hybridized carbons (Fsp3) is 0.526. The van der Waals surface area contributed by atoms with Crippen molar-refractivity contribution in [1.82, 2.24) is 0 Å². The number of rotatable bonds is 7. The van der Waals surface area contributed by atoms with Crippen LogP contribution in [0.15, 0.2) is 29.8 Å². The topological polar surface area (TPSA) is 131 Å². The Labute approximate surface area is 183 Å². The first-order chi connectivity index (χ1) is 14.6. The molecule has 1 spiro atoms. The minimum absolute atomic E-state index is 0.00735. The van der Waals surface area contributed by atoms with Crippen molar-refractivity contribution in [2.45, 2.75) is 43.0 Å². The number of anilines is 1. The van der Waals surface area contributed by atoms with E-state index in [4.69, 9.17) is 25.8 Å². The Balaban J connectivity index is 1.95. The summed E-state index contributed by atoms with van der Waals surface area (Å²) in [5, 5.41) is 17.4. The SMILES string of the molecule is CCOC(=O)C1=CC2(CC[C@H]1S(=O)(=O)Nc1ccc(F)cc1Cl)O[C@H](CO)[C@@H](CO)O2. The summed E-state index contributed by atoms with van der Waals surface area (Å²) in [6, 6.07) is 3.18. The molecule has 2 aliphatic rings. The van der Waals surface area contributed by atoms with Crippen molar-refractivity contribution >= 4 is 33.3 Å². The Hall–Kier alpha value is -1.76. The van der Waals surface area contributed by atoms with E-state index in [0.717, 1.165) is 12.1 Å². The Morgan fingerprint density at radius 3 is 2.52 bits per heavy atom. The maximum Gasteiger partial charge on any atom is 0.335 e. The molecule has 0 radical (unpaired) electrons. The molecule has 3 atom stereocenters. The number of halogens is 2. The van der Waals surface area contributed by atoms with Crippen molar-refractivity contribution in [3.05, 3.63) is 40.7 Å². The van der Waals surface area contributed by atoms with E-state index in [2.05, 4.69) is 4.72 Å². The first kappa shape index (κ1) is 23.9. The van der Waals surface area contributed by atoms with Gasteiger partial charge in [-0.1, -0.05) is 11.6 Å². The Morgan fingerprint density at radius 1 is 1.32 bits per heavy atom. The van der Waals surface area contributed by atoms with Gasteiger partial charge < -0.3 is 24.4 Å². The fourth-order valence-electron chi connectivity index (χ4n) is 3.60. The minimum atomic E-state index is -4.20. The molecule has 172 valence electrons. The van der Waals surface area contributed by atoms with Gasteiger partial charge in [0.05, 0.1) is 36.1 Å². The van der Waals surface area contributed by atoms with Crippen LogP contribution in [0, 0.1) is 5.82 Å². The molecule has 0 aromatic heterocycles. The highest BCUT2D eigenvalue weighted by atomic mass is 35.5. The highest BCUT2D eigenvalue weighted by molar-refractivity contribution is 7.93. The second kappa shape index (κ2) is 9.39. The monoisotopic (exact) mass is 479 g/mol. The van der Waals surface area contributed by atoms with Gasteiger partial charge in [-0.15, -0.1) is 0 Å². The number of nitrogens with one attached hydrogen (secondary N) is 1. The van der Waals surface area contributed by atoms with Gasteiger partial charge in [0.1, 0.15) is 23.3 Å². The zero-order chi connectivity index (χ0) is 22.8. The number of carbonyl (C=O) groups is 1. The lowest BCUT2D eigenvalue weighted by molar-refractivity contribution is -0.154. The molecule has 0 amide bonds. The molecule has 1 aliphatic carbocycles. The number of sulfonamides is 1. The van der Waals surface area contributed by atoms with Gasteiger partial charge in [-0.25, -0.2) is 17.6 Å². The molecule has 0 unspecified atom stereocenters. The summed E-state index contributed by atoms with van der Waals surface area (Å²) in [5.41, 5.74) is -0.255. The van der Waals surface area contributed by atoms with Crippen molar-refractivity contribution in [2.24, 2.45) is 0 Å². The normalized spacial score (nSPS) is 25.3. The predicted octanol–water partition coefficient (Wildman–Crippen LogP) is 1.34. The molecule has 1 saturated heterocycles. The van der Waals surface area contributed by atoms with Crippen molar-refractivity contribution in [3.8, 4) is 0 Å². The van der Waals surface area contributed by atoms with Crippen molar-refractivity contribution in [3.63, 3.8) is 0 Å². The third-order valence-electron chi connectivity index (χ3n) is 5.02. The van der Waals surface area contributed by atoms with Crippen LogP contribution in [0.4, 0.5) is 10.1 Å². The zero-order valence-corrected chi connectivity index (χ0v) is 18.2. The van der Waals surface area contributed by atoms with E-state index >= 15 is 0 Å². The number of esters is 1. The van der Waals surface area contributed by atoms with Gasteiger partial charge in [0.2, 0.25) is 10.0 Å². The van der Waals surface area contributed by atoms with Crippen LogP contribution in [0.1, 0.15) is 19.8 Å². The summed E-state index contributed by atoms with van der Waals surface area (Å²) in [5.74, 6) is -2.99. The molecule has 0 bridgehead atoms. The second-order valence-electron chi connectivity index (χ2n) is 7.11. The molecule has 1 aliphatic heterocycles. The second-order valence-corrected chi connectivity index (χ2v) is 9.38. The van der Waals surface area contributed by atoms with Gasteiger partial charge >= 0.3 is 5.97 Å². The molecule has 3 rings (SSSR count). The predicted molar refractivity (Wildman–Crippen MR) is 108 cm³/mol. The standard InChI is InChI=1S/C19H23ClFNO8S/c1-2-28-18(25)12-8-19(29-15(9-23)16(10-24)30-19)6-5-17(12)31(26,27)22-14-4-3-11(21)7-13(14)20/h3-4,7-8,15-17,22-24H,2,5-6,9-10H2,1H3/t15-,16-,17-/m1/s1. The summed E-state index contributed by atoms with van der Waals surface area (Å²) in [4.78, 5) is 12.6. The Bertz CT molecular complexity index is 958. The van der Waals surface area contributed by atoms with Crippen LogP contribution in [0.5, 0.6) is 0 Å². The van der Waals surface area contributed by atoms with E-state index in [0.29, 0.717) is 0 Å². The van der Waals surface area contributed by atoms with Crippen LogP contribution in [-0.2, 0) is 29.0 Å². The highest BCUT2D eigenvalue weighted by Crippen LogP contribution is 2.41. The molecule has 31 heavy (non-hydrogen) atoms. The van der Waals surface area contributed by atoms with Crippen LogP contribution in [0.3, 0.4) is 0 Å². The number of hydrogen-bond donors (Lipinski definition) is 3. The summed E-state index contributed by atoms with van der Waals surface area (Å²) in [6.45, 7) is 0.723. The van der Waals surface area contributed by atoms with E-state index in [-0.39, 0.29) is 35.7 Å². The van der Waals surface area contributed by atoms with Gasteiger partial charge in [-0.05, 0) is 37.6 Å². The van der Waals surface area contributed by atoms with Crippen LogP contribution in [0.2, 0.25) is 5.02 Å². The van der Waals surface area contributed by atoms with Gasteiger partial charge in [0.25, 0.3) is 0 Å². The number of benzene rings is 1. The summed E-state index contributed by atoms with van der Waals surface area (Å²) in [7, 11) is -4.20. The lowest BCUT2D eigenvalue weighted by atomic mass is 9.94. The van der Waals surface area contributed by atoms with Crippen molar-refractivity contribution in [2.75, 3.05) is 24.5 Å². The smallest absolute Gasteiger partial charge is 0.335 e. The first-order valence-corrected chi connectivity index (χ1v) is 11.5. The third kappa shape index (κ3) is 5.02. The van der Waals surface area contributed by atoms with Crippen LogP contribution in [-0.4, -0.2) is 67.7 Å². The largest absolute Gasteiger partial charge is 0.463 e. The molecule has 12 heteroatoms. The number of ether oxygens (including phenoxy) is 3. The maximum atomic E-state index is 13.3. The lowest BCUT2D eigenvalue weighted by Crippen LogP contribution is -2.42. The number of hydrogen-bond acceptors (Lipinski definition) is 8. The molecular formula is C19H23ClFNO8S. The van der Waals surface area contributed by atoms with Gasteiger partial charge in [-0.3, -0.25) is 4.72 Å². The number of aliphatic hydroxyl groups is 2. The molecule has 3 N–H and O–H groups in total. The molecule has 1 heterocycles. The van der Waals surface area contributed by atoms with Gasteiger partial charge in [0, 0.05) is 6.42 Å². The quantitative estimate of drug-likeness (QED) is 0.499. The first-order valence-electron chi connectivity index (χ1n) is 9.58. The average Bonchev–Trinajstić information content (AvgIpc) is 3.07. The molecule has 1 aromatic rings. The molecule has 1 fully saturated rings. The molecular weight excluding hydrogens is 457 g/mol. The van der Waals surface area contributed by atoms with E-state index in [1.807, 2.05) is 0 Å². The van der Waals surface area contributed by atoms with Crippen molar-refractivity contribution < 1.29 is 42.0 Å².